The second kappa shape index (κ2) is 12.9. The summed E-state index contributed by atoms with van der Waals surface area (Å²) < 4.78 is 0. The second-order valence-corrected chi connectivity index (χ2v) is 3.59. The van der Waals surface area contributed by atoms with E-state index < -0.39 is 0 Å². The number of nitrogens with zero attached hydrogens (tertiary/aromatic N) is 1. The Morgan fingerprint density at radius 2 is 1.43 bits per heavy atom. The molecule has 1 saturated heterocycles. The number of aliphatic hydroxyl groups is 1. The molecule has 1 aliphatic heterocycles. The third-order valence-corrected chi connectivity index (χ3v) is 1.90. The number of aliphatic hydroxyl groups excluding tert-OH is 1. The van der Waals surface area contributed by atoms with Gasteiger partial charge < -0.3 is 10.0 Å². The van der Waals surface area contributed by atoms with Gasteiger partial charge in [0.05, 0.1) is 0 Å². The highest BCUT2D eigenvalue weighted by atomic mass is 16.3. The van der Waals surface area contributed by atoms with E-state index in [4.69, 9.17) is 5.11 Å². The molecule has 0 aromatic rings. The van der Waals surface area contributed by atoms with E-state index in [-0.39, 0.29) is 6.10 Å². The van der Waals surface area contributed by atoms with Crippen molar-refractivity contribution >= 4 is 0 Å². The first-order valence-corrected chi connectivity index (χ1v) is 6.07. The van der Waals surface area contributed by atoms with Gasteiger partial charge in [0, 0.05) is 6.10 Å². The molecule has 0 aromatic carbocycles. The summed E-state index contributed by atoms with van der Waals surface area (Å²) in [6.45, 7) is 13.6. The fourth-order valence-corrected chi connectivity index (χ4v) is 1.28. The van der Waals surface area contributed by atoms with Crippen molar-refractivity contribution < 1.29 is 5.11 Å². The van der Waals surface area contributed by atoms with Gasteiger partial charge >= 0.3 is 0 Å². The smallest absolute Gasteiger partial charge is 0.0483 e. The van der Waals surface area contributed by atoms with Crippen LogP contribution in [0.25, 0.3) is 0 Å². The number of rotatable bonds is 1. The second-order valence-electron chi connectivity index (χ2n) is 3.59. The van der Waals surface area contributed by atoms with Crippen molar-refractivity contribution in [2.24, 2.45) is 0 Å². The van der Waals surface area contributed by atoms with Gasteiger partial charge in [-0.2, -0.15) is 0 Å². The Kier molecular flexibility index (Phi) is 15.1. The Bertz CT molecular complexity index is 85.6. The van der Waals surface area contributed by atoms with Crippen LogP contribution in [0.1, 0.15) is 53.9 Å². The van der Waals surface area contributed by atoms with E-state index in [1.807, 2.05) is 13.8 Å². The van der Waals surface area contributed by atoms with Gasteiger partial charge in [0.2, 0.25) is 0 Å². The Morgan fingerprint density at radius 3 is 1.64 bits per heavy atom. The van der Waals surface area contributed by atoms with Crippen LogP contribution in [0.2, 0.25) is 0 Å². The SMILES string of the molecule is CC.CC(C)O.CCN1CCCCC1. The first kappa shape index (κ1) is 16.4. The molecule has 88 valence electrons. The monoisotopic (exact) mass is 203 g/mol. The Hall–Kier alpha value is -0.0800. The molecule has 0 atom stereocenters. The van der Waals surface area contributed by atoms with Gasteiger partial charge in [0.25, 0.3) is 0 Å². The van der Waals surface area contributed by atoms with Gasteiger partial charge in [-0.25, -0.2) is 0 Å². The maximum absolute atomic E-state index is 8.06. The first-order chi connectivity index (χ1) is 6.66. The number of hydrogen-bond acceptors (Lipinski definition) is 2. The van der Waals surface area contributed by atoms with Crippen LogP contribution >= 0.6 is 0 Å². The minimum atomic E-state index is -0.167. The summed E-state index contributed by atoms with van der Waals surface area (Å²) in [6.07, 6.45) is 4.14. The van der Waals surface area contributed by atoms with Crippen molar-refractivity contribution in [1.82, 2.24) is 4.90 Å². The van der Waals surface area contributed by atoms with Gasteiger partial charge in [-0.1, -0.05) is 27.2 Å². The molecule has 0 saturated carbocycles. The standard InChI is InChI=1S/C7H15N.C3H8O.C2H6/c1-2-8-6-4-3-5-7-8;1-3(2)4;1-2/h2-7H2,1H3;3-4H,1-2H3;1-2H3. The van der Waals surface area contributed by atoms with Gasteiger partial charge in [-0.3, -0.25) is 0 Å². The van der Waals surface area contributed by atoms with Crippen LogP contribution in [-0.2, 0) is 0 Å². The average molecular weight is 203 g/mol. The van der Waals surface area contributed by atoms with Crippen molar-refractivity contribution in [1.29, 1.82) is 0 Å². The quantitative estimate of drug-likeness (QED) is 0.708. The van der Waals surface area contributed by atoms with E-state index >= 15 is 0 Å². The molecular weight excluding hydrogens is 174 g/mol. The van der Waals surface area contributed by atoms with Crippen LogP contribution in [0.3, 0.4) is 0 Å². The minimum absolute atomic E-state index is 0.167. The zero-order valence-electron chi connectivity index (χ0n) is 10.7. The van der Waals surface area contributed by atoms with Gasteiger partial charge in [0.15, 0.2) is 0 Å². The van der Waals surface area contributed by atoms with Crippen molar-refractivity contribution in [3.05, 3.63) is 0 Å². The van der Waals surface area contributed by atoms with E-state index in [1.165, 1.54) is 38.9 Å². The number of hydrogen-bond donors (Lipinski definition) is 1. The lowest BCUT2D eigenvalue weighted by Gasteiger charge is -2.24. The van der Waals surface area contributed by atoms with Crippen LogP contribution in [-0.4, -0.2) is 35.7 Å². The van der Waals surface area contributed by atoms with E-state index in [2.05, 4.69) is 11.8 Å². The topological polar surface area (TPSA) is 23.5 Å². The molecule has 14 heavy (non-hydrogen) atoms. The summed E-state index contributed by atoms with van der Waals surface area (Å²) in [6, 6.07) is 0. The molecule has 1 aliphatic rings. The van der Waals surface area contributed by atoms with E-state index in [9.17, 15) is 0 Å². The molecule has 0 amide bonds. The average Bonchev–Trinajstić information content (AvgIpc) is 2.21. The lowest BCUT2D eigenvalue weighted by atomic mass is 10.1. The summed E-state index contributed by atoms with van der Waals surface area (Å²) in [7, 11) is 0. The molecule has 0 radical (unpaired) electrons. The molecule has 1 heterocycles. The zero-order chi connectivity index (χ0) is 11.4. The summed E-state index contributed by atoms with van der Waals surface area (Å²) in [5.41, 5.74) is 0. The molecule has 1 rings (SSSR count). The molecular formula is C12H29NO. The van der Waals surface area contributed by atoms with Crippen molar-refractivity contribution in [3.8, 4) is 0 Å². The fraction of sp³-hybridized carbons (Fsp3) is 1.00. The summed E-state index contributed by atoms with van der Waals surface area (Å²) in [5, 5.41) is 8.06. The Balaban J connectivity index is 0. The minimum Gasteiger partial charge on any atom is -0.394 e. The highest BCUT2D eigenvalue weighted by Gasteiger charge is 2.05. The van der Waals surface area contributed by atoms with Crippen LogP contribution in [0, 0.1) is 0 Å². The summed E-state index contributed by atoms with van der Waals surface area (Å²) >= 11 is 0. The Morgan fingerprint density at radius 1 is 1.07 bits per heavy atom. The first-order valence-electron chi connectivity index (χ1n) is 6.07. The van der Waals surface area contributed by atoms with Crippen molar-refractivity contribution in [2.45, 2.75) is 60.0 Å². The molecule has 0 spiro atoms. The predicted octanol–water partition coefficient (Wildman–Crippen LogP) is 2.91. The number of piperidine rings is 1. The van der Waals surface area contributed by atoms with Crippen molar-refractivity contribution in [2.75, 3.05) is 19.6 Å². The molecule has 0 aliphatic carbocycles. The highest BCUT2D eigenvalue weighted by Crippen LogP contribution is 2.06. The Labute approximate surface area is 90.3 Å². The van der Waals surface area contributed by atoms with Crippen LogP contribution in [0.4, 0.5) is 0 Å². The van der Waals surface area contributed by atoms with E-state index in [1.54, 1.807) is 13.8 Å². The molecule has 2 heteroatoms. The van der Waals surface area contributed by atoms with Crippen LogP contribution in [0.5, 0.6) is 0 Å². The van der Waals surface area contributed by atoms with Crippen LogP contribution in [0.15, 0.2) is 0 Å². The van der Waals surface area contributed by atoms with Gasteiger partial charge in [-0.15, -0.1) is 0 Å². The molecule has 0 unspecified atom stereocenters. The lowest BCUT2D eigenvalue weighted by Crippen LogP contribution is -2.29. The maximum atomic E-state index is 8.06. The molecule has 0 bridgehead atoms. The lowest BCUT2D eigenvalue weighted by molar-refractivity contribution is 0.216. The largest absolute Gasteiger partial charge is 0.394 e. The van der Waals surface area contributed by atoms with Crippen LogP contribution < -0.4 is 0 Å². The third-order valence-electron chi connectivity index (χ3n) is 1.90. The van der Waals surface area contributed by atoms with E-state index in [0.29, 0.717) is 0 Å². The maximum Gasteiger partial charge on any atom is 0.0483 e. The number of likely N-dealkylation sites (tertiary alicyclic amines) is 1. The molecule has 1 N–H and O–H groups in total. The summed E-state index contributed by atoms with van der Waals surface area (Å²) in [4.78, 5) is 2.52. The highest BCUT2D eigenvalue weighted by molar-refractivity contribution is 4.61. The normalized spacial score (nSPS) is 16.5. The zero-order valence-corrected chi connectivity index (χ0v) is 10.7. The predicted molar refractivity (Wildman–Crippen MR) is 64.7 cm³/mol. The van der Waals surface area contributed by atoms with Crippen molar-refractivity contribution in [3.63, 3.8) is 0 Å². The molecule has 2 nitrogen and oxygen atoms in total. The summed E-state index contributed by atoms with van der Waals surface area (Å²) in [5.74, 6) is 0. The van der Waals surface area contributed by atoms with Gasteiger partial charge in [-0.05, 0) is 46.3 Å². The van der Waals surface area contributed by atoms with E-state index in [0.717, 1.165) is 0 Å². The fourth-order valence-electron chi connectivity index (χ4n) is 1.28. The molecule has 1 fully saturated rings. The third kappa shape index (κ3) is 14.4. The van der Waals surface area contributed by atoms with Gasteiger partial charge in [0.1, 0.15) is 0 Å². The molecule has 0 aromatic heterocycles.